The quantitative estimate of drug-likeness (QED) is 0.691. The first-order valence-electron chi connectivity index (χ1n) is 8.46. The molecule has 2 aromatic rings. The van der Waals surface area contributed by atoms with Gasteiger partial charge >= 0.3 is 5.97 Å². The van der Waals surface area contributed by atoms with E-state index < -0.39 is 0 Å². The van der Waals surface area contributed by atoms with Crippen molar-refractivity contribution >= 4 is 11.9 Å². The maximum Gasteiger partial charge on any atom is 0.307 e. The van der Waals surface area contributed by atoms with E-state index in [-0.39, 0.29) is 24.3 Å². The Kier molecular flexibility index (Phi) is 6.74. The summed E-state index contributed by atoms with van der Waals surface area (Å²) in [6, 6.07) is 9.89. The summed E-state index contributed by atoms with van der Waals surface area (Å²) in [4.78, 5) is 25.5. The molecule has 0 spiro atoms. The van der Waals surface area contributed by atoms with Crippen molar-refractivity contribution in [1.82, 2.24) is 14.7 Å². The molecule has 25 heavy (non-hydrogen) atoms. The van der Waals surface area contributed by atoms with Crippen molar-refractivity contribution in [2.45, 2.75) is 39.2 Å². The highest BCUT2D eigenvalue weighted by Gasteiger charge is 2.18. The fourth-order valence-electron chi connectivity index (χ4n) is 2.59. The molecular weight excluding hydrogens is 318 g/mol. The van der Waals surface area contributed by atoms with Gasteiger partial charge in [-0.2, -0.15) is 5.10 Å². The van der Waals surface area contributed by atoms with Gasteiger partial charge in [-0.15, -0.1) is 0 Å². The van der Waals surface area contributed by atoms with E-state index in [2.05, 4.69) is 9.84 Å². The minimum absolute atomic E-state index is 0.0337. The molecule has 1 aromatic heterocycles. The molecule has 1 heterocycles. The molecule has 134 valence electrons. The third-order valence-electron chi connectivity index (χ3n) is 4.01. The summed E-state index contributed by atoms with van der Waals surface area (Å²) >= 11 is 0. The highest BCUT2D eigenvalue weighted by molar-refractivity contribution is 5.77. The van der Waals surface area contributed by atoms with Crippen LogP contribution in [-0.2, 0) is 20.7 Å². The molecule has 0 aliphatic rings. The number of benzene rings is 1. The Bertz CT molecular complexity index is 695. The average molecular weight is 343 g/mol. The van der Waals surface area contributed by atoms with Crippen LogP contribution in [0.15, 0.2) is 42.7 Å². The second-order valence-corrected chi connectivity index (χ2v) is 6.14. The van der Waals surface area contributed by atoms with E-state index in [0.29, 0.717) is 19.4 Å². The van der Waals surface area contributed by atoms with Gasteiger partial charge in [-0.25, -0.2) is 4.68 Å². The third-order valence-corrected chi connectivity index (χ3v) is 4.01. The van der Waals surface area contributed by atoms with Crippen LogP contribution in [0.2, 0.25) is 0 Å². The number of para-hydroxylation sites is 1. The van der Waals surface area contributed by atoms with E-state index in [1.807, 2.05) is 50.4 Å². The van der Waals surface area contributed by atoms with Crippen LogP contribution in [-0.4, -0.2) is 46.3 Å². The van der Waals surface area contributed by atoms with Crippen LogP contribution in [0.4, 0.5) is 0 Å². The highest BCUT2D eigenvalue weighted by atomic mass is 16.5. The maximum absolute atomic E-state index is 12.5. The number of hydrogen-bond donors (Lipinski definition) is 0. The molecule has 0 N–H and O–H groups in total. The summed E-state index contributed by atoms with van der Waals surface area (Å²) in [6.07, 6.45) is 4.95. The van der Waals surface area contributed by atoms with Gasteiger partial charge in [0, 0.05) is 25.2 Å². The zero-order valence-corrected chi connectivity index (χ0v) is 15.0. The third kappa shape index (κ3) is 5.45. The number of carbonyl (C=O) groups is 2. The molecule has 1 aromatic carbocycles. The first-order chi connectivity index (χ1) is 12.0. The van der Waals surface area contributed by atoms with Gasteiger partial charge in [0.2, 0.25) is 5.91 Å². The Balaban J connectivity index is 1.91. The Hall–Kier alpha value is -2.63. The predicted molar refractivity (Wildman–Crippen MR) is 95.4 cm³/mol. The Morgan fingerprint density at radius 3 is 2.56 bits per heavy atom. The molecule has 0 radical (unpaired) electrons. The summed E-state index contributed by atoms with van der Waals surface area (Å²) < 4.78 is 6.45. The normalized spacial score (nSPS) is 10.7. The monoisotopic (exact) mass is 343 g/mol. The molecule has 0 atom stereocenters. The van der Waals surface area contributed by atoms with E-state index >= 15 is 0 Å². The number of nitrogens with zero attached hydrogens (tertiary/aromatic N) is 3. The molecule has 1 amide bonds. The van der Waals surface area contributed by atoms with Gasteiger partial charge in [-0.1, -0.05) is 18.2 Å². The van der Waals surface area contributed by atoms with Crippen molar-refractivity contribution in [3.05, 3.63) is 48.3 Å². The molecule has 0 saturated heterocycles. The second kappa shape index (κ2) is 9.01. The lowest BCUT2D eigenvalue weighted by molar-refractivity contribution is -0.142. The summed E-state index contributed by atoms with van der Waals surface area (Å²) in [7, 11) is 1.36. The fourth-order valence-corrected chi connectivity index (χ4v) is 2.59. The molecule has 0 bridgehead atoms. The van der Waals surface area contributed by atoms with Crippen molar-refractivity contribution < 1.29 is 14.3 Å². The number of hydrogen-bond acceptors (Lipinski definition) is 4. The van der Waals surface area contributed by atoms with Crippen molar-refractivity contribution in [1.29, 1.82) is 0 Å². The molecule has 0 saturated carbocycles. The number of ether oxygens (including phenoxy) is 1. The number of aryl methyl sites for hydroxylation is 1. The number of amides is 1. The van der Waals surface area contributed by atoms with Gasteiger partial charge in [0.05, 0.1) is 25.4 Å². The largest absolute Gasteiger partial charge is 0.469 e. The molecule has 2 rings (SSSR count). The fraction of sp³-hybridized carbons (Fsp3) is 0.421. The van der Waals surface area contributed by atoms with E-state index in [1.165, 1.54) is 7.11 Å². The van der Waals surface area contributed by atoms with Crippen LogP contribution in [0.5, 0.6) is 0 Å². The van der Waals surface area contributed by atoms with E-state index in [9.17, 15) is 9.59 Å². The van der Waals surface area contributed by atoms with Crippen LogP contribution >= 0.6 is 0 Å². The molecule has 0 unspecified atom stereocenters. The van der Waals surface area contributed by atoms with Gasteiger partial charge in [0.15, 0.2) is 0 Å². The molecule has 0 fully saturated rings. The zero-order chi connectivity index (χ0) is 18.2. The summed E-state index contributed by atoms with van der Waals surface area (Å²) in [5, 5.41) is 4.35. The highest BCUT2D eigenvalue weighted by Crippen LogP contribution is 2.11. The Morgan fingerprint density at radius 2 is 1.92 bits per heavy atom. The Morgan fingerprint density at radius 1 is 1.20 bits per heavy atom. The number of carbonyl (C=O) groups excluding carboxylic acids is 2. The van der Waals surface area contributed by atoms with Gasteiger partial charge in [0.25, 0.3) is 0 Å². The van der Waals surface area contributed by atoms with Gasteiger partial charge in [-0.05, 0) is 38.0 Å². The minimum Gasteiger partial charge on any atom is -0.469 e. The molecule has 0 aliphatic carbocycles. The number of methoxy groups -OCH3 is 1. The summed E-state index contributed by atoms with van der Waals surface area (Å²) in [5.41, 5.74) is 2.00. The second-order valence-electron chi connectivity index (χ2n) is 6.14. The van der Waals surface area contributed by atoms with Crippen molar-refractivity contribution in [2.24, 2.45) is 0 Å². The van der Waals surface area contributed by atoms with Gasteiger partial charge in [0.1, 0.15) is 0 Å². The molecule has 6 nitrogen and oxygen atoms in total. The number of rotatable bonds is 8. The molecule has 0 aliphatic heterocycles. The first-order valence-corrected chi connectivity index (χ1v) is 8.46. The topological polar surface area (TPSA) is 64.4 Å². The van der Waals surface area contributed by atoms with E-state index in [0.717, 1.165) is 11.3 Å². The van der Waals surface area contributed by atoms with E-state index in [4.69, 9.17) is 0 Å². The molecule has 6 heteroatoms. The lowest BCUT2D eigenvalue weighted by Gasteiger charge is -2.26. The first kappa shape index (κ1) is 18.7. The zero-order valence-electron chi connectivity index (χ0n) is 15.0. The standard InChI is InChI=1S/C19H25N3O3/c1-15(2)21(12-11-19(24)25-3)18(23)10-9-16-13-20-22(14-16)17-7-5-4-6-8-17/h4-8,13-15H,9-12H2,1-3H3. The maximum atomic E-state index is 12.5. The van der Waals surface area contributed by atoms with Crippen molar-refractivity contribution in [2.75, 3.05) is 13.7 Å². The van der Waals surface area contributed by atoms with Crippen LogP contribution in [0.3, 0.4) is 0 Å². The summed E-state index contributed by atoms with van der Waals surface area (Å²) in [5.74, 6) is -0.269. The smallest absolute Gasteiger partial charge is 0.307 e. The number of aromatic nitrogens is 2. The predicted octanol–water partition coefficient (Wildman–Crippen LogP) is 2.61. The van der Waals surface area contributed by atoms with Crippen LogP contribution in [0.25, 0.3) is 5.69 Å². The van der Waals surface area contributed by atoms with Gasteiger partial charge in [-0.3, -0.25) is 9.59 Å². The summed E-state index contributed by atoms with van der Waals surface area (Å²) in [6.45, 7) is 4.28. The van der Waals surface area contributed by atoms with Crippen LogP contribution in [0, 0.1) is 0 Å². The van der Waals surface area contributed by atoms with Crippen LogP contribution < -0.4 is 0 Å². The Labute approximate surface area is 148 Å². The van der Waals surface area contributed by atoms with Gasteiger partial charge < -0.3 is 9.64 Å². The number of esters is 1. The van der Waals surface area contributed by atoms with Crippen molar-refractivity contribution in [3.63, 3.8) is 0 Å². The van der Waals surface area contributed by atoms with E-state index in [1.54, 1.807) is 15.8 Å². The lowest BCUT2D eigenvalue weighted by atomic mass is 10.1. The van der Waals surface area contributed by atoms with Crippen LogP contribution in [0.1, 0.15) is 32.3 Å². The SMILES string of the molecule is COC(=O)CCN(C(=O)CCc1cnn(-c2ccccc2)c1)C(C)C. The minimum atomic E-state index is -0.303. The van der Waals surface area contributed by atoms with Crippen molar-refractivity contribution in [3.8, 4) is 5.69 Å². The lowest BCUT2D eigenvalue weighted by Crippen LogP contribution is -2.38. The molecular formula is C19H25N3O3. The average Bonchev–Trinajstić information content (AvgIpc) is 3.09.